The molecular formula is C13H16BrNO. The summed E-state index contributed by atoms with van der Waals surface area (Å²) in [7, 11) is 0. The van der Waals surface area contributed by atoms with Crippen molar-refractivity contribution in [3.63, 3.8) is 0 Å². The Kier molecular flexibility index (Phi) is 2.48. The van der Waals surface area contributed by atoms with Gasteiger partial charge in [-0.2, -0.15) is 0 Å². The standard InChI is InChI=1S/C13H16BrNO/c14-11-3-1-2-10(13(15)6-7-13)12(11)16-8-9-4-5-9/h1-3,9H,4-8,15H2. The fourth-order valence-electron chi connectivity index (χ4n) is 1.94. The minimum absolute atomic E-state index is 0.122. The maximum atomic E-state index is 6.26. The Morgan fingerprint density at radius 2 is 2.12 bits per heavy atom. The van der Waals surface area contributed by atoms with Gasteiger partial charge in [-0.25, -0.2) is 0 Å². The van der Waals surface area contributed by atoms with Crippen LogP contribution < -0.4 is 10.5 Å². The van der Waals surface area contributed by atoms with Gasteiger partial charge in [-0.1, -0.05) is 12.1 Å². The quantitative estimate of drug-likeness (QED) is 0.920. The van der Waals surface area contributed by atoms with Gasteiger partial charge >= 0.3 is 0 Å². The van der Waals surface area contributed by atoms with Gasteiger partial charge < -0.3 is 10.5 Å². The molecule has 0 radical (unpaired) electrons. The Balaban J connectivity index is 1.86. The van der Waals surface area contributed by atoms with Crippen molar-refractivity contribution in [2.45, 2.75) is 31.2 Å². The van der Waals surface area contributed by atoms with E-state index in [1.165, 1.54) is 18.4 Å². The Hall–Kier alpha value is -0.540. The minimum atomic E-state index is -0.122. The van der Waals surface area contributed by atoms with Crippen LogP contribution in [0.25, 0.3) is 0 Å². The Bertz CT molecular complexity index is 410. The van der Waals surface area contributed by atoms with E-state index in [0.29, 0.717) is 0 Å². The number of halogens is 1. The fourth-order valence-corrected chi connectivity index (χ4v) is 2.42. The summed E-state index contributed by atoms with van der Waals surface area (Å²) in [4.78, 5) is 0. The van der Waals surface area contributed by atoms with Gasteiger partial charge in [-0.15, -0.1) is 0 Å². The number of hydrogen-bond donors (Lipinski definition) is 1. The highest BCUT2D eigenvalue weighted by atomic mass is 79.9. The summed E-state index contributed by atoms with van der Waals surface area (Å²) in [6.45, 7) is 0.839. The van der Waals surface area contributed by atoms with Gasteiger partial charge in [0.15, 0.2) is 0 Å². The Morgan fingerprint density at radius 1 is 1.38 bits per heavy atom. The largest absolute Gasteiger partial charge is 0.492 e. The summed E-state index contributed by atoms with van der Waals surface area (Å²) >= 11 is 3.56. The van der Waals surface area contributed by atoms with Gasteiger partial charge in [0.05, 0.1) is 11.1 Å². The molecule has 1 aromatic rings. The van der Waals surface area contributed by atoms with Crippen molar-refractivity contribution in [1.29, 1.82) is 0 Å². The molecule has 0 spiro atoms. The van der Waals surface area contributed by atoms with E-state index in [-0.39, 0.29) is 5.54 Å². The molecule has 3 heteroatoms. The van der Waals surface area contributed by atoms with Crippen molar-refractivity contribution < 1.29 is 4.74 Å². The number of ether oxygens (including phenoxy) is 1. The molecule has 2 N–H and O–H groups in total. The van der Waals surface area contributed by atoms with Crippen LogP contribution in [0, 0.1) is 5.92 Å². The zero-order valence-electron chi connectivity index (χ0n) is 9.21. The van der Waals surface area contributed by atoms with Crippen molar-refractivity contribution in [3.8, 4) is 5.75 Å². The number of rotatable bonds is 4. The topological polar surface area (TPSA) is 35.2 Å². The van der Waals surface area contributed by atoms with Crippen LogP contribution in [0.4, 0.5) is 0 Å². The highest BCUT2D eigenvalue weighted by Gasteiger charge is 2.42. The number of nitrogens with two attached hydrogens (primary N) is 1. The summed E-state index contributed by atoms with van der Waals surface area (Å²) in [6, 6.07) is 6.16. The van der Waals surface area contributed by atoms with E-state index in [9.17, 15) is 0 Å². The van der Waals surface area contributed by atoms with Gasteiger partial charge in [-0.05, 0) is 53.6 Å². The van der Waals surface area contributed by atoms with Gasteiger partial charge in [0.1, 0.15) is 5.75 Å². The number of para-hydroxylation sites is 1. The molecular weight excluding hydrogens is 266 g/mol. The second kappa shape index (κ2) is 3.74. The molecule has 86 valence electrons. The first kappa shape index (κ1) is 10.6. The average molecular weight is 282 g/mol. The SMILES string of the molecule is NC1(c2cccc(Br)c2OCC2CC2)CC1. The third-order valence-corrected chi connectivity index (χ3v) is 4.08. The molecule has 2 aliphatic rings. The van der Waals surface area contributed by atoms with E-state index in [0.717, 1.165) is 35.6 Å². The predicted octanol–water partition coefficient (Wildman–Crippen LogP) is 3.19. The lowest BCUT2D eigenvalue weighted by atomic mass is 10.0. The molecule has 0 unspecified atom stereocenters. The molecule has 2 saturated carbocycles. The second-order valence-corrected chi connectivity index (χ2v) is 5.88. The van der Waals surface area contributed by atoms with E-state index in [1.54, 1.807) is 0 Å². The van der Waals surface area contributed by atoms with Crippen LogP contribution in [0.5, 0.6) is 5.75 Å². The van der Waals surface area contributed by atoms with Crippen LogP contribution in [-0.4, -0.2) is 6.61 Å². The van der Waals surface area contributed by atoms with Crippen LogP contribution in [0.1, 0.15) is 31.2 Å². The lowest BCUT2D eigenvalue weighted by molar-refractivity contribution is 0.292. The van der Waals surface area contributed by atoms with E-state index < -0.39 is 0 Å². The summed E-state index contributed by atoms with van der Waals surface area (Å²) in [6.07, 6.45) is 4.77. The first-order valence-electron chi connectivity index (χ1n) is 5.90. The molecule has 1 aromatic carbocycles. The van der Waals surface area contributed by atoms with Gasteiger partial charge in [-0.3, -0.25) is 0 Å². The Labute approximate surface area is 104 Å². The van der Waals surface area contributed by atoms with Crippen molar-refractivity contribution >= 4 is 15.9 Å². The normalized spacial score (nSPS) is 21.9. The molecule has 2 fully saturated rings. The van der Waals surface area contributed by atoms with Gasteiger partial charge in [0.2, 0.25) is 0 Å². The molecule has 16 heavy (non-hydrogen) atoms. The number of hydrogen-bond acceptors (Lipinski definition) is 2. The van der Waals surface area contributed by atoms with E-state index in [4.69, 9.17) is 10.5 Å². The summed E-state index contributed by atoms with van der Waals surface area (Å²) in [5.74, 6) is 1.74. The first-order chi connectivity index (χ1) is 7.69. The molecule has 2 aliphatic carbocycles. The summed E-state index contributed by atoms with van der Waals surface area (Å²) < 4.78 is 6.96. The van der Waals surface area contributed by atoms with Crippen LogP contribution in [0.2, 0.25) is 0 Å². The average Bonchev–Trinajstić information content (AvgIpc) is 3.13. The molecule has 0 atom stereocenters. The van der Waals surface area contributed by atoms with E-state index in [1.807, 2.05) is 12.1 Å². The zero-order valence-corrected chi connectivity index (χ0v) is 10.8. The molecule has 2 nitrogen and oxygen atoms in total. The fraction of sp³-hybridized carbons (Fsp3) is 0.538. The van der Waals surface area contributed by atoms with Crippen LogP contribution in [-0.2, 0) is 5.54 Å². The molecule has 3 rings (SSSR count). The third-order valence-electron chi connectivity index (χ3n) is 3.45. The molecule has 0 saturated heterocycles. The lowest BCUT2D eigenvalue weighted by Crippen LogP contribution is -2.20. The predicted molar refractivity (Wildman–Crippen MR) is 67.5 cm³/mol. The molecule has 0 bridgehead atoms. The van der Waals surface area contributed by atoms with E-state index in [2.05, 4.69) is 22.0 Å². The maximum absolute atomic E-state index is 6.26. The first-order valence-corrected chi connectivity index (χ1v) is 6.69. The van der Waals surface area contributed by atoms with Gasteiger partial charge in [0, 0.05) is 11.1 Å². The van der Waals surface area contributed by atoms with Crippen LogP contribution in [0.3, 0.4) is 0 Å². The molecule has 0 amide bonds. The van der Waals surface area contributed by atoms with Crippen molar-refractivity contribution in [3.05, 3.63) is 28.2 Å². The smallest absolute Gasteiger partial charge is 0.138 e. The molecule has 0 aliphatic heterocycles. The highest BCUT2D eigenvalue weighted by Crippen LogP contribution is 2.48. The van der Waals surface area contributed by atoms with Crippen LogP contribution in [0.15, 0.2) is 22.7 Å². The monoisotopic (exact) mass is 281 g/mol. The van der Waals surface area contributed by atoms with Gasteiger partial charge in [0.25, 0.3) is 0 Å². The molecule has 0 aromatic heterocycles. The summed E-state index contributed by atoms with van der Waals surface area (Å²) in [5, 5.41) is 0. The van der Waals surface area contributed by atoms with E-state index >= 15 is 0 Å². The van der Waals surface area contributed by atoms with Crippen molar-refractivity contribution in [1.82, 2.24) is 0 Å². The van der Waals surface area contributed by atoms with Crippen molar-refractivity contribution in [2.75, 3.05) is 6.61 Å². The maximum Gasteiger partial charge on any atom is 0.138 e. The van der Waals surface area contributed by atoms with Crippen LogP contribution >= 0.6 is 15.9 Å². The third kappa shape index (κ3) is 1.98. The minimum Gasteiger partial charge on any atom is -0.492 e. The van der Waals surface area contributed by atoms with Crippen molar-refractivity contribution in [2.24, 2.45) is 11.7 Å². The molecule has 0 heterocycles. The summed E-state index contributed by atoms with van der Waals surface area (Å²) in [5.41, 5.74) is 7.31. The Morgan fingerprint density at radius 3 is 2.75 bits per heavy atom. The zero-order chi connectivity index (χ0) is 11.2. The number of benzene rings is 1. The lowest BCUT2D eigenvalue weighted by Gasteiger charge is -2.17. The highest BCUT2D eigenvalue weighted by molar-refractivity contribution is 9.10. The second-order valence-electron chi connectivity index (χ2n) is 5.03.